The van der Waals surface area contributed by atoms with Gasteiger partial charge in [0, 0.05) is 13.1 Å². The van der Waals surface area contributed by atoms with Crippen LogP contribution >= 0.6 is 0 Å². The van der Waals surface area contributed by atoms with Crippen LogP contribution in [0, 0.1) is 0 Å². The van der Waals surface area contributed by atoms with Crippen molar-refractivity contribution < 1.29 is 19.1 Å². The lowest BCUT2D eigenvalue weighted by Crippen LogP contribution is -2.15. The Balaban J connectivity index is 1.70. The van der Waals surface area contributed by atoms with E-state index in [2.05, 4.69) is 11.0 Å². The molecule has 0 saturated heterocycles. The monoisotopic (exact) mass is 273 g/mol. The molecule has 0 fully saturated rings. The van der Waals surface area contributed by atoms with E-state index >= 15 is 0 Å². The van der Waals surface area contributed by atoms with Crippen LogP contribution in [-0.2, 0) is 19.6 Å². The minimum atomic E-state index is -1.04. The quantitative estimate of drug-likeness (QED) is 0.927. The lowest BCUT2D eigenvalue weighted by molar-refractivity contribution is 0.0658. The summed E-state index contributed by atoms with van der Waals surface area (Å²) < 4.78 is 10.5. The van der Waals surface area contributed by atoms with Crippen molar-refractivity contribution in [3.8, 4) is 5.75 Å². The number of hydrogen-bond acceptors (Lipinski definition) is 4. The zero-order valence-corrected chi connectivity index (χ0v) is 11.1. The van der Waals surface area contributed by atoms with Gasteiger partial charge in [0.15, 0.2) is 0 Å². The molecule has 0 radical (unpaired) electrons. The molecule has 1 aromatic carbocycles. The lowest BCUT2D eigenvalue weighted by Gasteiger charge is -2.12. The van der Waals surface area contributed by atoms with Crippen molar-refractivity contribution in [3.63, 3.8) is 0 Å². The molecule has 2 heterocycles. The molecule has 1 aromatic heterocycles. The number of fused-ring (bicyclic) bond motifs is 1. The van der Waals surface area contributed by atoms with Gasteiger partial charge in [0.05, 0.1) is 13.7 Å². The number of carboxylic acids is 1. The summed E-state index contributed by atoms with van der Waals surface area (Å²) in [5, 5.41) is 8.84. The summed E-state index contributed by atoms with van der Waals surface area (Å²) in [5.74, 6) is 0.475. The number of benzene rings is 1. The molecule has 0 unspecified atom stereocenters. The number of nitrogens with zero attached hydrogens (tertiary/aromatic N) is 1. The van der Waals surface area contributed by atoms with Crippen molar-refractivity contribution in [2.75, 3.05) is 7.11 Å². The van der Waals surface area contributed by atoms with Crippen LogP contribution in [0.4, 0.5) is 0 Å². The number of carbonyl (C=O) groups is 1. The van der Waals surface area contributed by atoms with Crippen LogP contribution < -0.4 is 4.74 Å². The Morgan fingerprint density at radius 3 is 2.80 bits per heavy atom. The molecule has 0 aliphatic carbocycles. The molecule has 104 valence electrons. The van der Waals surface area contributed by atoms with Crippen molar-refractivity contribution in [2.45, 2.75) is 19.6 Å². The van der Waals surface area contributed by atoms with Gasteiger partial charge in [0.2, 0.25) is 5.76 Å². The van der Waals surface area contributed by atoms with Crippen molar-refractivity contribution in [3.05, 3.63) is 53.0 Å². The van der Waals surface area contributed by atoms with Crippen LogP contribution in [0.25, 0.3) is 0 Å². The average Bonchev–Trinajstić information content (AvgIpc) is 3.04. The maximum absolute atomic E-state index is 10.8. The summed E-state index contributed by atoms with van der Waals surface area (Å²) in [6.07, 6.45) is 0. The van der Waals surface area contributed by atoms with E-state index in [1.54, 1.807) is 13.2 Å². The molecular weight excluding hydrogens is 258 g/mol. The zero-order valence-electron chi connectivity index (χ0n) is 11.1. The Hall–Kier alpha value is -2.27. The molecule has 5 nitrogen and oxygen atoms in total. The Morgan fingerprint density at radius 1 is 1.30 bits per heavy atom. The van der Waals surface area contributed by atoms with Crippen LogP contribution in [0.2, 0.25) is 0 Å². The summed E-state index contributed by atoms with van der Waals surface area (Å²) in [6, 6.07) is 9.27. The number of aromatic carboxylic acids is 1. The topological polar surface area (TPSA) is 62.9 Å². The molecular formula is C15H15NO4. The van der Waals surface area contributed by atoms with Gasteiger partial charge in [0.25, 0.3) is 0 Å². The van der Waals surface area contributed by atoms with Crippen molar-refractivity contribution in [1.82, 2.24) is 4.90 Å². The molecule has 0 atom stereocenters. The first-order valence-corrected chi connectivity index (χ1v) is 6.36. The van der Waals surface area contributed by atoms with E-state index in [1.165, 1.54) is 17.2 Å². The van der Waals surface area contributed by atoms with Crippen LogP contribution in [0.3, 0.4) is 0 Å². The van der Waals surface area contributed by atoms with Crippen molar-refractivity contribution in [1.29, 1.82) is 0 Å². The molecule has 0 bridgehead atoms. The fourth-order valence-electron chi connectivity index (χ4n) is 2.48. The summed E-state index contributed by atoms with van der Waals surface area (Å²) in [6.45, 7) is 2.25. The highest BCUT2D eigenvalue weighted by Crippen LogP contribution is 2.28. The fourth-order valence-corrected chi connectivity index (χ4v) is 2.48. The zero-order chi connectivity index (χ0) is 14.1. The molecule has 1 aliphatic rings. The van der Waals surface area contributed by atoms with E-state index in [0.29, 0.717) is 12.3 Å². The largest absolute Gasteiger partial charge is 0.497 e. The fraction of sp³-hybridized carbons (Fsp3) is 0.267. The highest BCUT2D eigenvalue weighted by molar-refractivity contribution is 5.84. The van der Waals surface area contributed by atoms with E-state index in [-0.39, 0.29) is 5.76 Å². The van der Waals surface area contributed by atoms with Gasteiger partial charge in [-0.2, -0.15) is 0 Å². The number of carboxylic acid groups (broad SMARTS) is 1. The molecule has 2 aromatic rings. The highest BCUT2D eigenvalue weighted by atomic mass is 16.5. The third-order valence-electron chi connectivity index (χ3n) is 3.45. The maximum atomic E-state index is 10.8. The Morgan fingerprint density at radius 2 is 2.10 bits per heavy atom. The maximum Gasteiger partial charge on any atom is 0.371 e. The molecule has 0 amide bonds. The second-order valence-corrected chi connectivity index (χ2v) is 4.85. The first kappa shape index (κ1) is 12.7. The van der Waals surface area contributed by atoms with Crippen LogP contribution in [0.15, 0.2) is 34.7 Å². The molecule has 1 aliphatic heterocycles. The van der Waals surface area contributed by atoms with Crippen LogP contribution in [0.1, 0.15) is 27.4 Å². The summed E-state index contributed by atoms with van der Waals surface area (Å²) in [5.41, 5.74) is 2.52. The second kappa shape index (κ2) is 5.02. The molecule has 0 spiro atoms. The van der Waals surface area contributed by atoms with Crippen LogP contribution in [-0.4, -0.2) is 23.1 Å². The number of hydrogen-bond donors (Lipinski definition) is 1. The number of methoxy groups -OCH3 is 1. The standard InChI is InChI=1S/C15H15NO4/c1-19-12-3-2-10-7-16(8-11(10)6-12)9-13-4-5-14(20-13)15(17)18/h2-6H,7-9H2,1H3,(H,17,18). The van der Waals surface area contributed by atoms with Gasteiger partial charge in [-0.25, -0.2) is 4.79 Å². The predicted molar refractivity (Wildman–Crippen MR) is 71.6 cm³/mol. The Bertz CT molecular complexity index is 647. The van der Waals surface area contributed by atoms with Crippen molar-refractivity contribution in [2.24, 2.45) is 0 Å². The van der Waals surface area contributed by atoms with Gasteiger partial charge < -0.3 is 14.3 Å². The van der Waals surface area contributed by atoms with Crippen LogP contribution in [0.5, 0.6) is 5.75 Å². The van der Waals surface area contributed by atoms with Gasteiger partial charge in [-0.05, 0) is 35.4 Å². The number of rotatable bonds is 4. The summed E-state index contributed by atoms with van der Waals surface area (Å²) in [4.78, 5) is 13.0. The van der Waals surface area contributed by atoms with Gasteiger partial charge in [-0.1, -0.05) is 6.07 Å². The van der Waals surface area contributed by atoms with E-state index in [4.69, 9.17) is 14.3 Å². The first-order chi connectivity index (χ1) is 9.65. The van der Waals surface area contributed by atoms with Crippen molar-refractivity contribution >= 4 is 5.97 Å². The van der Waals surface area contributed by atoms with Gasteiger partial charge in [-0.3, -0.25) is 4.90 Å². The number of ether oxygens (including phenoxy) is 1. The Labute approximate surface area is 116 Å². The van der Waals surface area contributed by atoms with Gasteiger partial charge in [0.1, 0.15) is 11.5 Å². The van der Waals surface area contributed by atoms with Gasteiger partial charge >= 0.3 is 5.97 Å². The van der Waals surface area contributed by atoms with E-state index in [1.807, 2.05) is 12.1 Å². The predicted octanol–water partition coefficient (Wildman–Crippen LogP) is 2.50. The van der Waals surface area contributed by atoms with E-state index in [0.717, 1.165) is 18.8 Å². The molecule has 1 N–H and O–H groups in total. The van der Waals surface area contributed by atoms with Gasteiger partial charge in [-0.15, -0.1) is 0 Å². The second-order valence-electron chi connectivity index (χ2n) is 4.85. The lowest BCUT2D eigenvalue weighted by atomic mass is 10.1. The molecule has 0 saturated carbocycles. The highest BCUT2D eigenvalue weighted by Gasteiger charge is 2.21. The normalized spacial score (nSPS) is 14.2. The Kier molecular flexibility index (Phi) is 3.20. The first-order valence-electron chi connectivity index (χ1n) is 6.36. The smallest absolute Gasteiger partial charge is 0.371 e. The minimum Gasteiger partial charge on any atom is -0.497 e. The molecule has 3 rings (SSSR count). The third kappa shape index (κ3) is 2.40. The van der Waals surface area contributed by atoms with E-state index in [9.17, 15) is 4.79 Å². The minimum absolute atomic E-state index is 0.0154. The summed E-state index contributed by atoms with van der Waals surface area (Å²) in [7, 11) is 1.66. The SMILES string of the molecule is COc1ccc2c(c1)CN(Cc1ccc(C(=O)O)o1)C2. The average molecular weight is 273 g/mol. The molecule has 5 heteroatoms. The number of furan rings is 1. The van der Waals surface area contributed by atoms with E-state index < -0.39 is 5.97 Å². The summed E-state index contributed by atoms with van der Waals surface area (Å²) >= 11 is 0. The molecule has 20 heavy (non-hydrogen) atoms. The third-order valence-corrected chi connectivity index (χ3v) is 3.45.